The van der Waals surface area contributed by atoms with Crippen molar-refractivity contribution in [2.75, 3.05) is 6.61 Å². The summed E-state index contributed by atoms with van der Waals surface area (Å²) in [5, 5.41) is 45.8. The van der Waals surface area contributed by atoms with Crippen LogP contribution in [0.5, 0.6) is 0 Å². The Hall–Kier alpha value is -0.970. The fourth-order valence-electron chi connectivity index (χ4n) is 0.973. The predicted octanol–water partition coefficient (Wildman–Crippen LogP) is -2.99. The van der Waals surface area contributed by atoms with Crippen LogP contribution in [0.4, 0.5) is 0 Å². The number of aliphatic hydroxyl groups is 5. The Labute approximate surface area is 86.8 Å². The molecule has 0 saturated heterocycles. The number of carbonyl (C=O) groups is 1. The molecule has 0 aromatic rings. The zero-order chi connectivity index (χ0) is 12.1. The number of hydrogen-bond acceptors (Lipinski definition) is 6. The molecule has 0 fully saturated rings. The third-order valence-electron chi connectivity index (χ3n) is 1.88. The van der Waals surface area contributed by atoms with Gasteiger partial charge in [-0.1, -0.05) is 5.92 Å². The fourth-order valence-corrected chi connectivity index (χ4v) is 0.973. The molecule has 0 aromatic carbocycles. The maximum absolute atomic E-state index is 10.1. The topological polar surface area (TPSA) is 118 Å². The zero-order valence-corrected chi connectivity index (χ0v) is 8.16. The normalized spacial score (nSPS) is 20.4. The van der Waals surface area contributed by atoms with Gasteiger partial charge in [0.05, 0.1) is 6.61 Å². The molecule has 0 radical (unpaired) electrons. The van der Waals surface area contributed by atoms with E-state index >= 15 is 0 Å². The molecule has 6 nitrogen and oxygen atoms in total. The lowest BCUT2D eigenvalue weighted by molar-refractivity contribution is -0.149. The highest BCUT2D eigenvalue weighted by atomic mass is 16.4. The molecule has 0 heterocycles. The van der Waals surface area contributed by atoms with Crippen molar-refractivity contribution in [2.24, 2.45) is 0 Å². The van der Waals surface area contributed by atoms with Gasteiger partial charge in [-0.3, -0.25) is 0 Å². The molecular formula is C9H14O6. The molecule has 0 bridgehead atoms. The van der Waals surface area contributed by atoms with E-state index in [0.29, 0.717) is 0 Å². The molecule has 6 heteroatoms. The minimum absolute atomic E-state index is 0.00502. The van der Waals surface area contributed by atoms with E-state index in [1.165, 1.54) is 6.92 Å². The minimum Gasteiger partial charge on any atom is -0.392 e. The second-order valence-electron chi connectivity index (χ2n) is 3.02. The van der Waals surface area contributed by atoms with Crippen LogP contribution < -0.4 is 0 Å². The number of rotatable bonds is 5. The first kappa shape index (κ1) is 14.0. The van der Waals surface area contributed by atoms with Crippen LogP contribution in [0.3, 0.4) is 0 Å². The Bertz CT molecular complexity index is 268. The summed E-state index contributed by atoms with van der Waals surface area (Å²) in [6.07, 6.45) is -5.71. The van der Waals surface area contributed by atoms with Gasteiger partial charge < -0.3 is 30.3 Å². The van der Waals surface area contributed by atoms with Crippen molar-refractivity contribution in [1.29, 1.82) is 0 Å². The van der Waals surface area contributed by atoms with Gasteiger partial charge in [0.15, 0.2) is 11.9 Å². The van der Waals surface area contributed by atoms with Gasteiger partial charge in [-0.2, -0.15) is 0 Å². The van der Waals surface area contributed by atoms with E-state index in [0.717, 1.165) is 0 Å². The van der Waals surface area contributed by atoms with E-state index in [-0.39, 0.29) is 6.29 Å². The van der Waals surface area contributed by atoms with E-state index < -0.39 is 30.5 Å². The molecule has 4 atom stereocenters. The van der Waals surface area contributed by atoms with Crippen LogP contribution in [0.15, 0.2) is 0 Å². The van der Waals surface area contributed by atoms with E-state index in [1.54, 1.807) is 0 Å². The van der Waals surface area contributed by atoms with Gasteiger partial charge in [-0.05, 0) is 6.92 Å². The van der Waals surface area contributed by atoms with Gasteiger partial charge in [0.1, 0.15) is 18.3 Å². The standard InChI is InChI=1S/C9H14O6/c1-2-3-9(15,5-11)8(14)7(13)6(12)4-10/h4,6-8,11-15H,5H2,1H3/t6-,7-,8-,9+/m0/s1. The molecule has 5 N–H and O–H groups in total. The van der Waals surface area contributed by atoms with Gasteiger partial charge in [0, 0.05) is 0 Å². The van der Waals surface area contributed by atoms with Gasteiger partial charge in [-0.25, -0.2) is 0 Å². The maximum atomic E-state index is 10.1. The second-order valence-corrected chi connectivity index (χ2v) is 3.02. The molecular weight excluding hydrogens is 204 g/mol. The summed E-state index contributed by atoms with van der Waals surface area (Å²) in [5.41, 5.74) is -2.27. The lowest BCUT2D eigenvalue weighted by Gasteiger charge is -2.30. The fraction of sp³-hybridized carbons (Fsp3) is 0.667. The molecule has 86 valence electrons. The summed E-state index contributed by atoms with van der Waals surface area (Å²) in [7, 11) is 0. The van der Waals surface area contributed by atoms with Crippen molar-refractivity contribution in [3.8, 4) is 11.8 Å². The first-order valence-corrected chi connectivity index (χ1v) is 4.19. The van der Waals surface area contributed by atoms with E-state index in [4.69, 9.17) is 10.2 Å². The molecule has 0 aliphatic carbocycles. The number of aldehydes is 1. The molecule has 0 spiro atoms. The molecule has 0 aliphatic heterocycles. The van der Waals surface area contributed by atoms with Crippen LogP contribution in [-0.4, -0.2) is 62.3 Å². The van der Waals surface area contributed by atoms with Crippen LogP contribution in [0.1, 0.15) is 6.92 Å². The van der Waals surface area contributed by atoms with Crippen molar-refractivity contribution in [1.82, 2.24) is 0 Å². The van der Waals surface area contributed by atoms with Crippen molar-refractivity contribution in [3.63, 3.8) is 0 Å². The highest BCUT2D eigenvalue weighted by Gasteiger charge is 2.41. The van der Waals surface area contributed by atoms with Crippen molar-refractivity contribution in [3.05, 3.63) is 0 Å². The Morgan fingerprint density at radius 1 is 1.40 bits per heavy atom. The summed E-state index contributed by atoms with van der Waals surface area (Å²) in [4.78, 5) is 10.1. The predicted molar refractivity (Wildman–Crippen MR) is 49.6 cm³/mol. The van der Waals surface area contributed by atoms with Crippen LogP contribution in [-0.2, 0) is 4.79 Å². The molecule has 0 aromatic heterocycles. The van der Waals surface area contributed by atoms with Crippen LogP contribution in [0, 0.1) is 11.8 Å². The first-order valence-electron chi connectivity index (χ1n) is 4.19. The van der Waals surface area contributed by atoms with Gasteiger partial charge in [0.25, 0.3) is 0 Å². The number of carbonyl (C=O) groups excluding carboxylic acids is 1. The lowest BCUT2D eigenvalue weighted by atomic mass is 9.91. The average Bonchev–Trinajstić information content (AvgIpc) is 2.26. The smallest absolute Gasteiger partial charge is 0.176 e. The third-order valence-corrected chi connectivity index (χ3v) is 1.88. The van der Waals surface area contributed by atoms with Crippen molar-refractivity contribution in [2.45, 2.75) is 30.8 Å². The summed E-state index contributed by atoms with van der Waals surface area (Å²) >= 11 is 0. The molecule has 15 heavy (non-hydrogen) atoms. The number of hydrogen-bond donors (Lipinski definition) is 5. The Balaban J connectivity index is 4.84. The monoisotopic (exact) mass is 218 g/mol. The molecule has 0 rings (SSSR count). The van der Waals surface area contributed by atoms with Gasteiger partial charge in [-0.15, -0.1) is 5.92 Å². The van der Waals surface area contributed by atoms with Crippen LogP contribution in [0.2, 0.25) is 0 Å². The Morgan fingerprint density at radius 3 is 2.27 bits per heavy atom. The van der Waals surface area contributed by atoms with E-state index in [1.807, 2.05) is 0 Å². The number of aliphatic hydroxyl groups excluding tert-OH is 4. The minimum atomic E-state index is -2.27. The van der Waals surface area contributed by atoms with E-state index in [9.17, 15) is 20.1 Å². The molecule has 0 unspecified atom stereocenters. The van der Waals surface area contributed by atoms with E-state index in [2.05, 4.69) is 11.8 Å². The lowest BCUT2D eigenvalue weighted by Crippen LogP contribution is -2.54. The average molecular weight is 218 g/mol. The SMILES string of the molecule is CC#C[C@@](O)(CO)[C@@H](O)[C@@H](O)[C@@H](O)C=O. The first-order chi connectivity index (χ1) is 6.92. The quantitative estimate of drug-likeness (QED) is 0.248. The Morgan fingerprint density at radius 2 is 1.93 bits per heavy atom. The van der Waals surface area contributed by atoms with Gasteiger partial charge >= 0.3 is 0 Å². The maximum Gasteiger partial charge on any atom is 0.176 e. The molecule has 0 amide bonds. The molecule has 0 saturated carbocycles. The summed E-state index contributed by atoms with van der Waals surface area (Å²) in [6.45, 7) is 0.424. The second kappa shape index (κ2) is 5.80. The van der Waals surface area contributed by atoms with Crippen LogP contribution >= 0.6 is 0 Å². The highest BCUT2D eigenvalue weighted by Crippen LogP contribution is 2.14. The third kappa shape index (κ3) is 3.27. The van der Waals surface area contributed by atoms with Crippen LogP contribution in [0.25, 0.3) is 0 Å². The van der Waals surface area contributed by atoms with Gasteiger partial charge in [0.2, 0.25) is 0 Å². The van der Waals surface area contributed by atoms with Crippen molar-refractivity contribution >= 4 is 6.29 Å². The Kier molecular flexibility index (Phi) is 5.43. The summed E-state index contributed by atoms with van der Waals surface area (Å²) in [5.74, 6) is 4.34. The largest absolute Gasteiger partial charge is 0.392 e. The zero-order valence-electron chi connectivity index (χ0n) is 8.16. The van der Waals surface area contributed by atoms with Crippen molar-refractivity contribution < 1.29 is 30.3 Å². The highest BCUT2D eigenvalue weighted by molar-refractivity contribution is 5.56. The summed E-state index contributed by atoms with van der Waals surface area (Å²) in [6, 6.07) is 0. The summed E-state index contributed by atoms with van der Waals surface area (Å²) < 4.78 is 0. The molecule has 0 aliphatic rings.